The maximum Gasteiger partial charge on any atom is 0.119 e. The Morgan fingerprint density at radius 1 is 1.24 bits per heavy atom. The van der Waals surface area contributed by atoms with Gasteiger partial charge < -0.3 is 25.7 Å². The first-order valence-electron chi connectivity index (χ1n) is 10.0. The maximum atomic E-state index is 6.22. The van der Waals surface area contributed by atoms with Crippen molar-refractivity contribution in [2.24, 2.45) is 5.73 Å². The molecule has 1 unspecified atom stereocenters. The maximum absolute atomic E-state index is 6.22. The van der Waals surface area contributed by atoms with Gasteiger partial charge in [0.2, 0.25) is 0 Å². The second kappa shape index (κ2) is 8.80. The third-order valence-electron chi connectivity index (χ3n) is 5.39. The second-order valence-electron chi connectivity index (χ2n) is 7.44. The average Bonchev–Trinajstić information content (AvgIpc) is 3.10. The highest BCUT2D eigenvalue weighted by atomic mass is 35.5. The molecule has 0 bridgehead atoms. The SMILES string of the molecule is CN(/C=C\N)CCCOc1ccc(C2NCCc3c2[nH]c2ccc(Cl)cc32)cc1. The lowest BCUT2D eigenvalue weighted by Gasteiger charge is -2.25. The van der Waals surface area contributed by atoms with Crippen molar-refractivity contribution < 1.29 is 4.74 Å². The third kappa shape index (κ3) is 4.36. The standard InChI is InChI=1S/C23H27ClN4O/c1-28(13-10-25)12-2-14-29-18-6-3-16(4-7-18)22-23-19(9-11-26-22)20-15-17(24)5-8-21(20)27-23/h3-8,10,13,15,22,26-27H,2,9,11-12,14,25H2,1H3/b13-10-. The van der Waals surface area contributed by atoms with Gasteiger partial charge in [0.1, 0.15) is 5.75 Å². The lowest BCUT2D eigenvalue weighted by molar-refractivity contribution is 0.289. The Morgan fingerprint density at radius 3 is 2.86 bits per heavy atom. The Hall–Kier alpha value is -2.63. The molecule has 6 heteroatoms. The van der Waals surface area contributed by atoms with Crippen LogP contribution in [-0.4, -0.2) is 36.6 Å². The summed E-state index contributed by atoms with van der Waals surface area (Å²) in [7, 11) is 2.00. The van der Waals surface area contributed by atoms with Crippen LogP contribution >= 0.6 is 11.6 Å². The molecule has 5 nitrogen and oxygen atoms in total. The molecule has 0 saturated heterocycles. The summed E-state index contributed by atoms with van der Waals surface area (Å²) < 4.78 is 5.88. The number of halogens is 1. The minimum absolute atomic E-state index is 0.149. The van der Waals surface area contributed by atoms with Gasteiger partial charge in [-0.25, -0.2) is 0 Å². The molecule has 4 N–H and O–H groups in total. The Kier molecular flexibility index (Phi) is 5.97. The molecular formula is C23H27ClN4O. The molecule has 0 radical (unpaired) electrons. The third-order valence-corrected chi connectivity index (χ3v) is 5.63. The Bertz CT molecular complexity index is 996. The number of aromatic amines is 1. The van der Waals surface area contributed by atoms with Gasteiger partial charge in [0, 0.05) is 54.2 Å². The summed E-state index contributed by atoms with van der Waals surface area (Å²) in [6.07, 6.45) is 5.35. The van der Waals surface area contributed by atoms with Gasteiger partial charge in [0.05, 0.1) is 12.6 Å². The smallest absolute Gasteiger partial charge is 0.119 e. The molecule has 29 heavy (non-hydrogen) atoms. The lowest BCUT2D eigenvalue weighted by atomic mass is 9.94. The van der Waals surface area contributed by atoms with E-state index in [0.29, 0.717) is 6.61 Å². The Morgan fingerprint density at radius 2 is 2.07 bits per heavy atom. The molecule has 0 spiro atoms. The van der Waals surface area contributed by atoms with Gasteiger partial charge >= 0.3 is 0 Å². The molecule has 0 saturated carbocycles. The van der Waals surface area contributed by atoms with Crippen LogP contribution in [0.2, 0.25) is 5.02 Å². The van der Waals surface area contributed by atoms with Gasteiger partial charge in [-0.1, -0.05) is 23.7 Å². The van der Waals surface area contributed by atoms with Crippen molar-refractivity contribution >= 4 is 22.5 Å². The van der Waals surface area contributed by atoms with E-state index >= 15 is 0 Å². The zero-order chi connectivity index (χ0) is 20.2. The number of nitrogens with one attached hydrogen (secondary N) is 2. The van der Waals surface area contributed by atoms with Crippen molar-refractivity contribution in [3.8, 4) is 5.75 Å². The number of hydrogen-bond acceptors (Lipinski definition) is 4. The fourth-order valence-corrected chi connectivity index (χ4v) is 4.14. The zero-order valence-corrected chi connectivity index (χ0v) is 17.4. The van der Waals surface area contributed by atoms with Crippen LogP contribution in [0.5, 0.6) is 5.75 Å². The molecule has 2 heterocycles. The number of aromatic nitrogens is 1. The van der Waals surface area contributed by atoms with Gasteiger partial charge in [-0.05, 0) is 54.3 Å². The van der Waals surface area contributed by atoms with Crippen LogP contribution in [0.25, 0.3) is 10.9 Å². The number of rotatable bonds is 7. The van der Waals surface area contributed by atoms with Crippen LogP contribution in [0.3, 0.4) is 0 Å². The minimum atomic E-state index is 0.149. The largest absolute Gasteiger partial charge is 0.494 e. The molecule has 0 fully saturated rings. The average molecular weight is 411 g/mol. The summed E-state index contributed by atoms with van der Waals surface area (Å²) >= 11 is 6.22. The van der Waals surface area contributed by atoms with Crippen molar-refractivity contribution in [2.45, 2.75) is 18.9 Å². The Labute approximate surface area is 176 Å². The van der Waals surface area contributed by atoms with Crippen molar-refractivity contribution in [3.05, 3.63) is 76.7 Å². The number of nitrogens with zero attached hydrogens (tertiary/aromatic N) is 1. The van der Waals surface area contributed by atoms with Crippen molar-refractivity contribution in [1.82, 2.24) is 15.2 Å². The monoisotopic (exact) mass is 410 g/mol. The van der Waals surface area contributed by atoms with Gasteiger partial charge in [-0.2, -0.15) is 0 Å². The van der Waals surface area contributed by atoms with Crippen molar-refractivity contribution in [2.75, 3.05) is 26.7 Å². The fraction of sp³-hybridized carbons (Fsp3) is 0.304. The molecular weight excluding hydrogens is 384 g/mol. The van der Waals surface area contributed by atoms with Crippen LogP contribution in [0.1, 0.15) is 29.3 Å². The van der Waals surface area contributed by atoms with Crippen molar-refractivity contribution in [1.29, 1.82) is 0 Å². The van der Waals surface area contributed by atoms with E-state index in [1.807, 2.05) is 36.3 Å². The van der Waals surface area contributed by atoms with E-state index in [4.69, 9.17) is 22.1 Å². The van der Waals surface area contributed by atoms with Crippen LogP contribution in [0, 0.1) is 0 Å². The fourth-order valence-electron chi connectivity index (χ4n) is 3.97. The van der Waals surface area contributed by atoms with Gasteiger partial charge in [0.25, 0.3) is 0 Å². The van der Waals surface area contributed by atoms with E-state index in [2.05, 4.69) is 34.6 Å². The highest BCUT2D eigenvalue weighted by molar-refractivity contribution is 6.31. The molecule has 0 aliphatic carbocycles. The predicted molar refractivity (Wildman–Crippen MR) is 119 cm³/mol. The highest BCUT2D eigenvalue weighted by Crippen LogP contribution is 2.35. The molecule has 3 aromatic rings. The van der Waals surface area contributed by atoms with Crippen LogP contribution in [-0.2, 0) is 6.42 Å². The van der Waals surface area contributed by atoms with E-state index in [9.17, 15) is 0 Å². The number of benzene rings is 2. The first-order valence-corrected chi connectivity index (χ1v) is 10.4. The van der Waals surface area contributed by atoms with Crippen molar-refractivity contribution in [3.63, 3.8) is 0 Å². The zero-order valence-electron chi connectivity index (χ0n) is 16.6. The topological polar surface area (TPSA) is 66.3 Å². The number of nitrogens with two attached hydrogens (primary N) is 1. The number of H-pyrrole nitrogens is 1. The number of fused-ring (bicyclic) bond motifs is 3. The van der Waals surface area contributed by atoms with Crippen LogP contribution < -0.4 is 15.8 Å². The summed E-state index contributed by atoms with van der Waals surface area (Å²) in [4.78, 5) is 5.65. The summed E-state index contributed by atoms with van der Waals surface area (Å²) in [5, 5.41) is 5.64. The number of hydrogen-bond donors (Lipinski definition) is 3. The molecule has 0 amide bonds. The van der Waals surface area contributed by atoms with Gasteiger partial charge in [0.15, 0.2) is 0 Å². The first kappa shape index (κ1) is 19.7. The van der Waals surface area contributed by atoms with Gasteiger partial charge in [-0.3, -0.25) is 0 Å². The number of ether oxygens (including phenoxy) is 1. The van der Waals surface area contributed by atoms with E-state index in [-0.39, 0.29) is 6.04 Å². The summed E-state index contributed by atoms with van der Waals surface area (Å²) in [5.41, 5.74) is 10.4. The minimum Gasteiger partial charge on any atom is -0.494 e. The quantitative estimate of drug-likeness (QED) is 0.511. The van der Waals surface area contributed by atoms with Crippen LogP contribution in [0.15, 0.2) is 54.9 Å². The second-order valence-corrected chi connectivity index (χ2v) is 7.87. The normalized spacial score (nSPS) is 16.3. The molecule has 1 aliphatic rings. The predicted octanol–water partition coefficient (Wildman–Crippen LogP) is 4.19. The summed E-state index contributed by atoms with van der Waals surface area (Å²) in [6.45, 7) is 2.53. The Balaban J connectivity index is 1.44. The van der Waals surface area contributed by atoms with Crippen LogP contribution in [0.4, 0.5) is 0 Å². The first-order chi connectivity index (χ1) is 14.2. The molecule has 4 rings (SSSR count). The van der Waals surface area contributed by atoms with E-state index in [1.165, 1.54) is 22.2 Å². The van der Waals surface area contributed by atoms with E-state index < -0.39 is 0 Å². The lowest BCUT2D eigenvalue weighted by Crippen LogP contribution is -2.30. The highest BCUT2D eigenvalue weighted by Gasteiger charge is 2.25. The summed E-state index contributed by atoms with van der Waals surface area (Å²) in [6, 6.07) is 14.6. The summed E-state index contributed by atoms with van der Waals surface area (Å²) in [5.74, 6) is 0.894. The molecule has 152 valence electrons. The molecule has 1 aromatic heterocycles. The van der Waals surface area contributed by atoms with Gasteiger partial charge in [-0.15, -0.1) is 0 Å². The molecule has 1 atom stereocenters. The van der Waals surface area contributed by atoms with E-state index in [0.717, 1.165) is 42.2 Å². The molecule has 1 aliphatic heterocycles. The van der Waals surface area contributed by atoms with E-state index in [1.54, 1.807) is 6.20 Å². The molecule has 2 aromatic carbocycles.